The van der Waals surface area contributed by atoms with Crippen LogP contribution in [0.25, 0.3) is 11.0 Å². The molecule has 1 aromatic carbocycles. The van der Waals surface area contributed by atoms with Gasteiger partial charge >= 0.3 is 0 Å². The molecule has 0 radical (unpaired) electrons. The number of nitrogens with zero attached hydrogens (tertiary/aromatic N) is 3. The highest BCUT2D eigenvalue weighted by Crippen LogP contribution is 2.24. The number of aryl methyl sites for hydroxylation is 1. The van der Waals surface area contributed by atoms with Crippen molar-refractivity contribution >= 4 is 45.6 Å². The minimum Gasteiger partial charge on any atom is -0.319 e. The van der Waals surface area contributed by atoms with Gasteiger partial charge in [0, 0.05) is 12.3 Å². The van der Waals surface area contributed by atoms with Gasteiger partial charge in [-0.1, -0.05) is 42.6 Å². The summed E-state index contributed by atoms with van der Waals surface area (Å²) in [6.07, 6.45) is 1.04. The summed E-state index contributed by atoms with van der Waals surface area (Å²) < 4.78 is 2.19. The van der Waals surface area contributed by atoms with E-state index in [0.29, 0.717) is 5.75 Å². The van der Waals surface area contributed by atoms with E-state index >= 15 is 0 Å². The normalized spacial score (nSPS) is 14.3. The van der Waals surface area contributed by atoms with Crippen molar-refractivity contribution in [3.8, 4) is 0 Å². The third-order valence-corrected chi connectivity index (χ3v) is 5.10. The van der Waals surface area contributed by atoms with E-state index in [9.17, 15) is 4.79 Å². The Kier molecular flexibility index (Phi) is 5.04. The Labute approximate surface area is 138 Å². The highest BCUT2D eigenvalue weighted by molar-refractivity contribution is 8.14. The number of fused-ring (bicyclic) bond motifs is 1. The van der Waals surface area contributed by atoms with E-state index < -0.39 is 0 Å². The molecule has 7 heteroatoms. The fraction of sp³-hybridized carbons (Fsp3) is 0.400. The summed E-state index contributed by atoms with van der Waals surface area (Å²) >= 11 is 3.08. The Morgan fingerprint density at radius 1 is 1.45 bits per heavy atom. The van der Waals surface area contributed by atoms with Gasteiger partial charge in [0.25, 0.3) is 0 Å². The zero-order valence-corrected chi connectivity index (χ0v) is 14.0. The first-order valence-corrected chi connectivity index (χ1v) is 9.30. The van der Waals surface area contributed by atoms with Gasteiger partial charge in [-0.25, -0.2) is 4.98 Å². The van der Waals surface area contributed by atoms with Crippen molar-refractivity contribution < 1.29 is 4.79 Å². The molecule has 1 aliphatic rings. The maximum atomic E-state index is 12.0. The number of hydrogen-bond acceptors (Lipinski definition) is 5. The van der Waals surface area contributed by atoms with E-state index in [1.54, 1.807) is 11.8 Å². The summed E-state index contributed by atoms with van der Waals surface area (Å²) in [4.78, 5) is 20.9. The number of aromatic nitrogens is 2. The van der Waals surface area contributed by atoms with Crippen LogP contribution in [-0.4, -0.2) is 38.7 Å². The van der Waals surface area contributed by atoms with Gasteiger partial charge in [0.1, 0.15) is 0 Å². The maximum absolute atomic E-state index is 12.0. The first-order chi connectivity index (χ1) is 10.8. The molecule has 1 amide bonds. The molecule has 1 aromatic heterocycles. The van der Waals surface area contributed by atoms with Gasteiger partial charge in [0.15, 0.2) is 10.3 Å². The van der Waals surface area contributed by atoms with Gasteiger partial charge < -0.3 is 9.88 Å². The van der Waals surface area contributed by atoms with Gasteiger partial charge in [-0.2, -0.15) is 0 Å². The van der Waals surface area contributed by atoms with Crippen molar-refractivity contribution in [1.82, 2.24) is 14.9 Å². The molecule has 3 rings (SSSR count). The average molecular weight is 334 g/mol. The lowest BCUT2D eigenvalue weighted by Gasteiger charge is -2.07. The van der Waals surface area contributed by atoms with E-state index in [2.05, 4.69) is 32.9 Å². The molecule has 116 valence electrons. The number of carbonyl (C=O) groups excluding carboxylic acids is 1. The van der Waals surface area contributed by atoms with Gasteiger partial charge in [-0.05, 0) is 18.6 Å². The zero-order chi connectivity index (χ0) is 15.4. The third-order valence-electron chi connectivity index (χ3n) is 3.23. The largest absolute Gasteiger partial charge is 0.319 e. The van der Waals surface area contributed by atoms with Crippen LogP contribution in [0.15, 0.2) is 34.4 Å². The number of amidine groups is 1. The molecule has 0 saturated carbocycles. The van der Waals surface area contributed by atoms with Crippen molar-refractivity contribution in [2.24, 2.45) is 4.99 Å². The number of hydrogen-bond donors (Lipinski definition) is 1. The van der Waals surface area contributed by atoms with Crippen LogP contribution in [-0.2, 0) is 11.3 Å². The molecule has 2 heterocycles. The van der Waals surface area contributed by atoms with Gasteiger partial charge in [-0.3, -0.25) is 9.79 Å². The fourth-order valence-electron chi connectivity index (χ4n) is 2.30. The number of aliphatic imine (C=N–C) groups is 1. The summed E-state index contributed by atoms with van der Waals surface area (Å²) in [5.74, 6) is 1.29. The van der Waals surface area contributed by atoms with Gasteiger partial charge in [-0.15, -0.1) is 0 Å². The van der Waals surface area contributed by atoms with E-state index in [1.807, 2.05) is 18.2 Å². The number of carbonyl (C=O) groups is 1. The molecule has 0 spiro atoms. The second-order valence-corrected chi connectivity index (χ2v) is 6.93. The summed E-state index contributed by atoms with van der Waals surface area (Å²) in [5, 5.41) is 4.50. The zero-order valence-electron chi connectivity index (χ0n) is 12.4. The highest BCUT2D eigenvalue weighted by Gasteiger charge is 2.14. The molecule has 2 aromatic rings. The number of nitrogens with one attached hydrogen (secondary N) is 1. The summed E-state index contributed by atoms with van der Waals surface area (Å²) in [6, 6.07) is 8.09. The van der Waals surface area contributed by atoms with Crippen LogP contribution in [0.3, 0.4) is 0 Å². The molecular formula is C15H18N4OS2. The molecular weight excluding hydrogens is 316 g/mol. The Morgan fingerprint density at radius 3 is 3.09 bits per heavy atom. The molecule has 0 atom stereocenters. The van der Waals surface area contributed by atoms with Crippen molar-refractivity contribution in [3.63, 3.8) is 0 Å². The third kappa shape index (κ3) is 3.47. The molecule has 5 nitrogen and oxygen atoms in total. The number of amides is 1. The second-order valence-electron chi connectivity index (χ2n) is 4.91. The van der Waals surface area contributed by atoms with Crippen molar-refractivity contribution in [2.45, 2.75) is 25.0 Å². The predicted octanol–water partition coefficient (Wildman–Crippen LogP) is 2.76. The quantitative estimate of drug-likeness (QED) is 0.854. The van der Waals surface area contributed by atoms with E-state index in [0.717, 1.165) is 46.6 Å². The van der Waals surface area contributed by atoms with E-state index in [4.69, 9.17) is 0 Å². The Hall–Kier alpha value is -1.47. The maximum Gasteiger partial charge on any atom is 0.236 e. The van der Waals surface area contributed by atoms with Crippen LogP contribution in [0, 0.1) is 0 Å². The molecule has 0 saturated heterocycles. The summed E-state index contributed by atoms with van der Waals surface area (Å²) in [5.41, 5.74) is 2.11. The van der Waals surface area contributed by atoms with Crippen LogP contribution in [0.5, 0.6) is 0 Å². The number of para-hydroxylation sites is 2. The second kappa shape index (κ2) is 7.19. The molecule has 0 aliphatic carbocycles. The van der Waals surface area contributed by atoms with Crippen LogP contribution in [0.4, 0.5) is 0 Å². The number of imidazole rings is 1. The van der Waals surface area contributed by atoms with Crippen molar-refractivity contribution in [1.29, 1.82) is 0 Å². The first-order valence-electron chi connectivity index (χ1n) is 7.33. The van der Waals surface area contributed by atoms with Crippen LogP contribution in [0.2, 0.25) is 0 Å². The predicted molar refractivity (Wildman–Crippen MR) is 93.7 cm³/mol. The van der Waals surface area contributed by atoms with Crippen LogP contribution >= 0.6 is 23.5 Å². The standard InChI is InChI=1S/C15H18N4OS2/c1-2-8-19-12-6-4-3-5-11(12)17-15(19)22-10-13(20)18-14-16-7-9-21-14/h3-6H,2,7-10H2,1H3,(H,16,18,20). The average Bonchev–Trinajstić information content (AvgIpc) is 3.14. The molecule has 0 unspecified atom stereocenters. The van der Waals surface area contributed by atoms with Crippen LogP contribution < -0.4 is 5.32 Å². The molecule has 1 N–H and O–H groups in total. The smallest absolute Gasteiger partial charge is 0.236 e. The van der Waals surface area contributed by atoms with E-state index in [1.165, 1.54) is 11.8 Å². The van der Waals surface area contributed by atoms with Gasteiger partial charge in [0.05, 0.1) is 23.3 Å². The monoisotopic (exact) mass is 334 g/mol. The topological polar surface area (TPSA) is 59.3 Å². The minimum atomic E-state index is -0.0201. The molecule has 1 aliphatic heterocycles. The van der Waals surface area contributed by atoms with E-state index in [-0.39, 0.29) is 5.91 Å². The lowest BCUT2D eigenvalue weighted by molar-refractivity contribution is -0.117. The number of rotatable bonds is 5. The summed E-state index contributed by atoms with van der Waals surface area (Å²) in [7, 11) is 0. The fourth-order valence-corrected chi connectivity index (χ4v) is 3.88. The molecule has 22 heavy (non-hydrogen) atoms. The van der Waals surface area contributed by atoms with Crippen LogP contribution in [0.1, 0.15) is 13.3 Å². The first kappa shape index (κ1) is 15.4. The lowest BCUT2D eigenvalue weighted by Crippen LogP contribution is -2.29. The minimum absolute atomic E-state index is 0.0201. The Morgan fingerprint density at radius 2 is 2.32 bits per heavy atom. The van der Waals surface area contributed by atoms with Crippen molar-refractivity contribution in [3.05, 3.63) is 24.3 Å². The van der Waals surface area contributed by atoms with Gasteiger partial charge in [0.2, 0.25) is 5.91 Å². The Balaban J connectivity index is 1.70. The highest BCUT2D eigenvalue weighted by atomic mass is 32.2. The van der Waals surface area contributed by atoms with Crippen molar-refractivity contribution in [2.75, 3.05) is 18.1 Å². The lowest BCUT2D eigenvalue weighted by atomic mass is 10.3. The molecule has 0 bridgehead atoms. The number of thioether (sulfide) groups is 2. The SMILES string of the molecule is CCCn1c(SCC(=O)NC2=NCCS2)nc2ccccc21. The number of benzene rings is 1. The Bertz CT molecular complexity index is 711. The molecule has 0 fully saturated rings. The summed E-state index contributed by atoms with van der Waals surface area (Å²) in [6.45, 7) is 3.85.